The Morgan fingerprint density at radius 1 is 1.39 bits per heavy atom. The highest BCUT2D eigenvalue weighted by Crippen LogP contribution is 2.25. The third-order valence-electron chi connectivity index (χ3n) is 3.80. The number of nitrogens with one attached hydrogen (secondary N) is 1. The van der Waals surface area contributed by atoms with E-state index in [0.717, 1.165) is 23.1 Å². The highest BCUT2D eigenvalue weighted by molar-refractivity contribution is 5.84. The normalized spacial score (nSPS) is 11.1. The number of aryl methyl sites for hydroxylation is 1. The van der Waals surface area contributed by atoms with Crippen molar-refractivity contribution < 1.29 is 4.52 Å². The van der Waals surface area contributed by atoms with Crippen molar-refractivity contribution in [1.29, 1.82) is 5.26 Å². The number of hydrogen-bond donors (Lipinski definition) is 1. The zero-order valence-electron chi connectivity index (χ0n) is 12.2. The molecule has 0 saturated heterocycles. The highest BCUT2D eigenvalue weighted by Gasteiger charge is 2.12. The van der Waals surface area contributed by atoms with E-state index in [-0.39, 0.29) is 5.56 Å². The Morgan fingerprint density at radius 2 is 2.26 bits per heavy atom. The molecule has 0 bridgehead atoms. The summed E-state index contributed by atoms with van der Waals surface area (Å²) in [6, 6.07) is 9.02. The lowest BCUT2D eigenvalue weighted by Crippen LogP contribution is -2.14. The van der Waals surface area contributed by atoms with Gasteiger partial charge >= 0.3 is 0 Å². The lowest BCUT2D eigenvalue weighted by molar-refractivity contribution is 0.447. The topological polar surface area (TPSA) is 100.0 Å². The van der Waals surface area contributed by atoms with Crippen LogP contribution in [0.25, 0.3) is 27.9 Å². The van der Waals surface area contributed by atoms with E-state index < -0.39 is 0 Å². The van der Waals surface area contributed by atoms with Gasteiger partial charge in [-0.15, -0.1) is 0 Å². The van der Waals surface area contributed by atoms with E-state index in [1.54, 1.807) is 6.07 Å². The summed E-state index contributed by atoms with van der Waals surface area (Å²) in [4.78, 5) is 16.6. The third-order valence-corrected chi connectivity index (χ3v) is 3.80. The Labute approximate surface area is 129 Å². The Hall–Kier alpha value is -3.40. The number of benzene rings is 1. The molecule has 0 radical (unpaired) electrons. The molecule has 0 spiro atoms. The summed E-state index contributed by atoms with van der Waals surface area (Å²) >= 11 is 0. The summed E-state index contributed by atoms with van der Waals surface area (Å²) in [5, 5.41) is 16.8. The van der Waals surface area contributed by atoms with Crippen molar-refractivity contribution in [2.45, 2.75) is 13.3 Å². The first kappa shape index (κ1) is 13.3. The first-order valence-electron chi connectivity index (χ1n) is 7.11. The molecule has 4 rings (SSSR count). The van der Waals surface area contributed by atoms with E-state index in [0.29, 0.717) is 22.5 Å². The highest BCUT2D eigenvalue weighted by atomic mass is 16.5. The van der Waals surface area contributed by atoms with E-state index in [4.69, 9.17) is 9.78 Å². The van der Waals surface area contributed by atoms with Gasteiger partial charge in [0.25, 0.3) is 5.56 Å². The maximum Gasteiger partial charge on any atom is 0.273 e. The average molecular weight is 305 g/mol. The summed E-state index contributed by atoms with van der Waals surface area (Å²) in [5.41, 5.74) is 3.12. The van der Waals surface area contributed by atoms with Gasteiger partial charge in [0.1, 0.15) is 11.6 Å². The Kier molecular flexibility index (Phi) is 2.78. The van der Waals surface area contributed by atoms with E-state index in [2.05, 4.69) is 15.2 Å². The molecule has 0 saturated carbocycles. The van der Waals surface area contributed by atoms with Gasteiger partial charge in [-0.1, -0.05) is 18.1 Å². The van der Waals surface area contributed by atoms with E-state index in [1.165, 1.54) is 16.8 Å². The average Bonchev–Trinajstić information content (AvgIpc) is 3.17. The number of nitrogens with zero attached hydrogens (tertiary/aromatic N) is 4. The number of hydrogen-bond acceptors (Lipinski definition) is 5. The molecule has 0 aliphatic rings. The molecule has 112 valence electrons. The van der Waals surface area contributed by atoms with Gasteiger partial charge in [0.2, 0.25) is 0 Å². The van der Waals surface area contributed by atoms with Crippen molar-refractivity contribution in [2.75, 3.05) is 0 Å². The summed E-state index contributed by atoms with van der Waals surface area (Å²) in [7, 11) is 0. The number of H-pyrrole nitrogens is 1. The van der Waals surface area contributed by atoms with Crippen LogP contribution in [0.3, 0.4) is 0 Å². The molecular formula is C16H11N5O2. The molecule has 0 aliphatic heterocycles. The Bertz CT molecular complexity index is 1140. The minimum Gasteiger partial charge on any atom is -0.356 e. The van der Waals surface area contributed by atoms with Gasteiger partial charge in [0.05, 0.1) is 11.4 Å². The largest absolute Gasteiger partial charge is 0.356 e. The molecule has 1 N–H and O–H groups in total. The van der Waals surface area contributed by atoms with Crippen LogP contribution in [0.1, 0.15) is 18.2 Å². The van der Waals surface area contributed by atoms with Gasteiger partial charge in [-0.2, -0.15) is 5.26 Å². The second-order valence-electron chi connectivity index (χ2n) is 5.13. The van der Waals surface area contributed by atoms with Crippen LogP contribution in [-0.2, 0) is 6.42 Å². The van der Waals surface area contributed by atoms with Crippen LogP contribution >= 0.6 is 0 Å². The van der Waals surface area contributed by atoms with Crippen molar-refractivity contribution in [2.24, 2.45) is 0 Å². The fourth-order valence-corrected chi connectivity index (χ4v) is 2.62. The van der Waals surface area contributed by atoms with Crippen molar-refractivity contribution in [1.82, 2.24) is 19.8 Å². The molecule has 0 amide bonds. The first-order valence-corrected chi connectivity index (χ1v) is 7.11. The minimum atomic E-state index is -0.279. The molecular weight excluding hydrogens is 294 g/mol. The number of fused-ring (bicyclic) bond motifs is 2. The standard InChI is InChI=1S/C16H11N5O2/c1-2-12-11-4-3-9(5-14(11)23-20-12)13-6-15(22)21-16(19-13)10(7-17)8-18-21/h3-6,8,18H,2H2,1H3. The lowest BCUT2D eigenvalue weighted by Gasteiger charge is -2.01. The number of rotatable bonds is 2. The molecule has 7 heteroatoms. The van der Waals surface area contributed by atoms with E-state index in [9.17, 15) is 4.79 Å². The molecule has 4 aromatic rings. The van der Waals surface area contributed by atoms with Crippen molar-refractivity contribution >= 4 is 16.6 Å². The van der Waals surface area contributed by atoms with Gasteiger partial charge in [-0.25, -0.2) is 9.50 Å². The van der Waals surface area contributed by atoms with Gasteiger partial charge in [0.15, 0.2) is 11.2 Å². The fourth-order valence-electron chi connectivity index (χ4n) is 2.62. The predicted molar refractivity (Wildman–Crippen MR) is 82.9 cm³/mol. The summed E-state index contributed by atoms with van der Waals surface area (Å²) in [6.07, 6.45) is 2.24. The molecule has 23 heavy (non-hydrogen) atoms. The van der Waals surface area contributed by atoms with Crippen LogP contribution in [0, 0.1) is 11.3 Å². The third kappa shape index (κ3) is 1.92. The number of nitriles is 1. The molecule has 0 aliphatic carbocycles. The fraction of sp³-hybridized carbons (Fsp3) is 0.125. The maximum absolute atomic E-state index is 12.2. The van der Waals surface area contributed by atoms with E-state index >= 15 is 0 Å². The smallest absolute Gasteiger partial charge is 0.273 e. The first-order chi connectivity index (χ1) is 11.2. The Morgan fingerprint density at radius 3 is 3.04 bits per heavy atom. The van der Waals surface area contributed by atoms with Crippen LogP contribution in [-0.4, -0.2) is 19.8 Å². The molecule has 0 unspecified atom stereocenters. The second-order valence-corrected chi connectivity index (χ2v) is 5.13. The quantitative estimate of drug-likeness (QED) is 0.612. The summed E-state index contributed by atoms with van der Waals surface area (Å²) in [5.74, 6) is 0. The van der Waals surface area contributed by atoms with Crippen LogP contribution in [0.15, 0.2) is 39.8 Å². The minimum absolute atomic E-state index is 0.279. The van der Waals surface area contributed by atoms with Gasteiger partial charge in [-0.3, -0.25) is 9.89 Å². The molecule has 0 atom stereocenters. The monoisotopic (exact) mass is 305 g/mol. The predicted octanol–water partition coefficient (Wildman–Crippen LogP) is 2.26. The van der Waals surface area contributed by atoms with Crippen molar-refractivity contribution in [3.05, 3.63) is 52.1 Å². The molecule has 7 nitrogen and oxygen atoms in total. The Balaban J connectivity index is 1.95. The van der Waals surface area contributed by atoms with Gasteiger partial charge in [0, 0.05) is 23.2 Å². The van der Waals surface area contributed by atoms with Crippen molar-refractivity contribution in [3.8, 4) is 17.3 Å². The zero-order chi connectivity index (χ0) is 16.0. The number of aromatic nitrogens is 4. The van der Waals surface area contributed by atoms with Crippen LogP contribution < -0.4 is 5.56 Å². The maximum atomic E-state index is 12.2. The van der Waals surface area contributed by atoms with E-state index in [1.807, 2.05) is 25.1 Å². The second kappa shape index (κ2) is 4.81. The van der Waals surface area contributed by atoms with Crippen LogP contribution in [0.5, 0.6) is 0 Å². The summed E-state index contributed by atoms with van der Waals surface area (Å²) in [6.45, 7) is 2.01. The zero-order valence-corrected chi connectivity index (χ0v) is 12.2. The SMILES string of the molecule is CCc1noc2cc(-c3cc(=O)n4[nH]cc(C#N)c4n3)ccc12. The molecule has 1 aromatic carbocycles. The van der Waals surface area contributed by atoms with Crippen LogP contribution in [0.2, 0.25) is 0 Å². The van der Waals surface area contributed by atoms with Crippen molar-refractivity contribution in [3.63, 3.8) is 0 Å². The van der Waals surface area contributed by atoms with Gasteiger partial charge in [-0.05, 0) is 18.6 Å². The lowest BCUT2D eigenvalue weighted by atomic mass is 10.1. The summed E-state index contributed by atoms with van der Waals surface area (Å²) < 4.78 is 6.57. The molecule has 3 heterocycles. The van der Waals surface area contributed by atoms with Gasteiger partial charge < -0.3 is 4.52 Å². The molecule has 0 fully saturated rings. The van der Waals surface area contributed by atoms with Crippen LogP contribution in [0.4, 0.5) is 0 Å². The number of aromatic amines is 1. The molecule has 3 aromatic heterocycles.